The fourth-order valence-corrected chi connectivity index (χ4v) is 2.89. The van der Waals surface area contributed by atoms with Crippen LogP contribution in [0, 0.1) is 6.92 Å². The van der Waals surface area contributed by atoms with Crippen LogP contribution in [0.2, 0.25) is 0 Å². The van der Waals surface area contributed by atoms with Gasteiger partial charge in [0.25, 0.3) is 5.91 Å². The molecule has 0 radical (unpaired) electrons. The minimum atomic E-state index is -0.150. The Balaban J connectivity index is 1.79. The number of carbonyl (C=O) groups is 1. The van der Waals surface area contributed by atoms with E-state index < -0.39 is 0 Å². The van der Waals surface area contributed by atoms with E-state index in [1.165, 1.54) is 0 Å². The summed E-state index contributed by atoms with van der Waals surface area (Å²) in [4.78, 5) is 18.9. The number of benzene rings is 1. The normalized spacial score (nSPS) is 10.9. The molecule has 1 amide bonds. The molecule has 3 rings (SSSR count). The largest absolute Gasteiger partial charge is 0.486 e. The van der Waals surface area contributed by atoms with Gasteiger partial charge in [0.05, 0.1) is 17.9 Å². The Morgan fingerprint density at radius 2 is 2.08 bits per heavy atom. The number of ether oxygens (including phenoxy) is 1. The Morgan fingerprint density at radius 1 is 1.27 bits per heavy atom. The number of nitrogens with zero attached hydrogens (tertiary/aromatic N) is 3. The Bertz CT molecular complexity index is 904. The Kier molecular flexibility index (Phi) is 5.53. The molecule has 2 heterocycles. The maximum atomic E-state index is 12.7. The number of aliphatic hydroxyl groups excluding tert-OH is 1. The Morgan fingerprint density at radius 3 is 2.81 bits per heavy atom. The zero-order valence-corrected chi connectivity index (χ0v) is 15.1. The van der Waals surface area contributed by atoms with E-state index >= 15 is 0 Å². The number of aryl methyl sites for hydroxylation is 1. The van der Waals surface area contributed by atoms with Gasteiger partial charge in [-0.3, -0.25) is 4.79 Å². The monoisotopic (exact) mass is 353 g/mol. The molecule has 1 aromatic carbocycles. The predicted molar refractivity (Wildman–Crippen MR) is 99.4 cm³/mol. The van der Waals surface area contributed by atoms with Crippen LogP contribution in [-0.2, 0) is 6.61 Å². The topological polar surface area (TPSA) is 67.1 Å². The summed E-state index contributed by atoms with van der Waals surface area (Å²) < 4.78 is 7.86. The van der Waals surface area contributed by atoms with Crippen LogP contribution in [0.1, 0.15) is 28.5 Å². The van der Waals surface area contributed by atoms with Gasteiger partial charge in [-0.25, -0.2) is 4.98 Å². The highest BCUT2D eigenvalue weighted by Crippen LogP contribution is 2.21. The lowest BCUT2D eigenvalue weighted by Crippen LogP contribution is -2.33. The quantitative estimate of drug-likeness (QED) is 0.709. The van der Waals surface area contributed by atoms with Gasteiger partial charge >= 0.3 is 0 Å². The number of imidazole rings is 1. The maximum Gasteiger partial charge on any atom is 0.257 e. The number of carbonyl (C=O) groups excluding carboxylic acids is 1. The highest BCUT2D eigenvalue weighted by Gasteiger charge is 2.18. The molecule has 6 nitrogen and oxygen atoms in total. The summed E-state index contributed by atoms with van der Waals surface area (Å²) in [6.07, 6.45) is 3.88. The van der Waals surface area contributed by atoms with Gasteiger partial charge in [0, 0.05) is 25.5 Å². The van der Waals surface area contributed by atoms with Gasteiger partial charge in [-0.1, -0.05) is 18.2 Å². The second-order valence-electron chi connectivity index (χ2n) is 6.05. The summed E-state index contributed by atoms with van der Waals surface area (Å²) in [7, 11) is 0. The highest BCUT2D eigenvalue weighted by atomic mass is 16.5. The number of rotatable bonds is 7. The van der Waals surface area contributed by atoms with Crippen LogP contribution >= 0.6 is 0 Å². The van der Waals surface area contributed by atoms with Crippen LogP contribution in [0.25, 0.3) is 5.65 Å². The predicted octanol–water partition coefficient (Wildman–Crippen LogP) is 2.68. The summed E-state index contributed by atoms with van der Waals surface area (Å²) in [6, 6.07) is 11.2. The number of likely N-dealkylation sites (N-methyl/N-ethyl adjacent to an activating group) is 1. The number of para-hydroxylation sites is 1. The molecule has 0 aliphatic heterocycles. The van der Waals surface area contributed by atoms with Crippen LogP contribution in [0.3, 0.4) is 0 Å². The summed E-state index contributed by atoms with van der Waals surface area (Å²) in [5, 5.41) is 9.14. The van der Waals surface area contributed by atoms with E-state index in [-0.39, 0.29) is 19.1 Å². The molecule has 0 bridgehead atoms. The van der Waals surface area contributed by atoms with Crippen molar-refractivity contribution in [3.05, 3.63) is 65.6 Å². The van der Waals surface area contributed by atoms with Crippen molar-refractivity contribution in [3.8, 4) is 5.75 Å². The third kappa shape index (κ3) is 3.70. The SMILES string of the molecule is CCN(CCO)C(=O)c1ccccc1OCc1cn2cccc(C)c2n1. The number of amides is 1. The number of hydrogen-bond donors (Lipinski definition) is 1. The van der Waals surface area contributed by atoms with E-state index in [9.17, 15) is 4.79 Å². The lowest BCUT2D eigenvalue weighted by Gasteiger charge is -2.21. The molecule has 26 heavy (non-hydrogen) atoms. The fourth-order valence-electron chi connectivity index (χ4n) is 2.89. The van der Waals surface area contributed by atoms with Crippen molar-refractivity contribution in [1.82, 2.24) is 14.3 Å². The number of aromatic nitrogens is 2. The zero-order valence-electron chi connectivity index (χ0n) is 15.1. The molecular formula is C20H23N3O3. The van der Waals surface area contributed by atoms with Gasteiger partial charge < -0.3 is 19.1 Å². The summed E-state index contributed by atoms with van der Waals surface area (Å²) >= 11 is 0. The van der Waals surface area contributed by atoms with Crippen molar-refractivity contribution in [3.63, 3.8) is 0 Å². The average molecular weight is 353 g/mol. The zero-order chi connectivity index (χ0) is 18.5. The molecule has 136 valence electrons. The van der Waals surface area contributed by atoms with Crippen molar-refractivity contribution < 1.29 is 14.6 Å². The molecule has 0 atom stereocenters. The third-order valence-corrected chi connectivity index (χ3v) is 4.26. The molecule has 0 saturated heterocycles. The molecule has 0 unspecified atom stereocenters. The minimum Gasteiger partial charge on any atom is -0.486 e. The summed E-state index contributed by atoms with van der Waals surface area (Å²) in [5.41, 5.74) is 3.28. The van der Waals surface area contributed by atoms with Crippen molar-refractivity contribution in [2.45, 2.75) is 20.5 Å². The molecule has 0 spiro atoms. The number of aliphatic hydroxyl groups is 1. The summed E-state index contributed by atoms with van der Waals surface area (Å²) in [5.74, 6) is 0.366. The van der Waals surface area contributed by atoms with E-state index in [4.69, 9.17) is 9.84 Å². The van der Waals surface area contributed by atoms with E-state index in [0.717, 1.165) is 16.9 Å². The molecule has 0 aliphatic rings. The molecule has 0 aliphatic carbocycles. The van der Waals surface area contributed by atoms with Crippen LogP contribution < -0.4 is 4.74 Å². The maximum absolute atomic E-state index is 12.7. The molecule has 3 aromatic rings. The van der Waals surface area contributed by atoms with Gasteiger partial charge in [0.15, 0.2) is 0 Å². The summed E-state index contributed by atoms with van der Waals surface area (Å²) in [6.45, 7) is 4.94. The van der Waals surface area contributed by atoms with Gasteiger partial charge in [-0.05, 0) is 37.6 Å². The van der Waals surface area contributed by atoms with E-state index in [1.807, 2.05) is 48.8 Å². The van der Waals surface area contributed by atoms with Gasteiger partial charge in [0.2, 0.25) is 0 Å². The van der Waals surface area contributed by atoms with Crippen LogP contribution in [0.4, 0.5) is 0 Å². The van der Waals surface area contributed by atoms with Crippen LogP contribution in [0.15, 0.2) is 48.8 Å². The van der Waals surface area contributed by atoms with Gasteiger partial charge in [-0.2, -0.15) is 0 Å². The van der Waals surface area contributed by atoms with E-state index in [2.05, 4.69) is 4.98 Å². The lowest BCUT2D eigenvalue weighted by molar-refractivity contribution is 0.0727. The van der Waals surface area contributed by atoms with Crippen molar-refractivity contribution >= 4 is 11.6 Å². The molecule has 2 aromatic heterocycles. The third-order valence-electron chi connectivity index (χ3n) is 4.26. The minimum absolute atomic E-state index is 0.0663. The first-order chi connectivity index (χ1) is 12.6. The van der Waals surface area contributed by atoms with Crippen molar-refractivity contribution in [2.24, 2.45) is 0 Å². The highest BCUT2D eigenvalue weighted by molar-refractivity contribution is 5.96. The first-order valence-corrected chi connectivity index (χ1v) is 8.69. The Labute approximate surface area is 152 Å². The van der Waals surface area contributed by atoms with Crippen molar-refractivity contribution in [2.75, 3.05) is 19.7 Å². The number of hydrogen-bond acceptors (Lipinski definition) is 4. The second-order valence-corrected chi connectivity index (χ2v) is 6.05. The average Bonchev–Trinajstić information content (AvgIpc) is 3.09. The van der Waals surface area contributed by atoms with Gasteiger partial charge in [-0.15, -0.1) is 0 Å². The molecule has 6 heteroatoms. The van der Waals surface area contributed by atoms with Crippen molar-refractivity contribution in [1.29, 1.82) is 0 Å². The number of pyridine rings is 1. The Hall–Kier alpha value is -2.86. The molecule has 0 saturated carbocycles. The van der Waals surface area contributed by atoms with Crippen LogP contribution in [-0.4, -0.2) is 45.0 Å². The number of fused-ring (bicyclic) bond motifs is 1. The fraction of sp³-hybridized carbons (Fsp3) is 0.300. The van der Waals surface area contributed by atoms with E-state index in [0.29, 0.717) is 24.4 Å². The van der Waals surface area contributed by atoms with E-state index in [1.54, 1.807) is 23.1 Å². The second kappa shape index (κ2) is 8.01. The lowest BCUT2D eigenvalue weighted by atomic mass is 10.1. The molecular weight excluding hydrogens is 330 g/mol. The smallest absolute Gasteiger partial charge is 0.257 e. The molecule has 1 N–H and O–H groups in total. The van der Waals surface area contributed by atoms with Gasteiger partial charge in [0.1, 0.15) is 18.0 Å². The molecule has 0 fully saturated rings. The first-order valence-electron chi connectivity index (χ1n) is 8.69. The first kappa shape index (κ1) is 17.9. The standard InChI is InChI=1S/C20H23N3O3/c1-3-22(11-12-24)20(25)17-8-4-5-9-18(17)26-14-16-13-23-10-6-7-15(2)19(23)21-16/h4-10,13,24H,3,11-12,14H2,1-2H3. The van der Waals surface area contributed by atoms with Crippen LogP contribution in [0.5, 0.6) is 5.75 Å².